The molecule has 1 aliphatic rings. The Morgan fingerprint density at radius 1 is 1.48 bits per heavy atom. The monoisotopic (exact) mass is 331 g/mol. The van der Waals surface area contributed by atoms with E-state index in [4.69, 9.17) is 10.5 Å². The summed E-state index contributed by atoms with van der Waals surface area (Å²) in [5.41, 5.74) is 6.89. The Hall–Kier alpha value is -1.92. The maximum absolute atomic E-state index is 12.1. The molecule has 5 nitrogen and oxygen atoms in total. The molecule has 1 aromatic heterocycles. The van der Waals surface area contributed by atoms with Crippen LogP contribution in [0.25, 0.3) is 10.6 Å². The molecule has 2 atom stereocenters. The van der Waals surface area contributed by atoms with Gasteiger partial charge in [-0.1, -0.05) is 12.1 Å². The van der Waals surface area contributed by atoms with Crippen LogP contribution in [0, 0.1) is 5.92 Å². The molecular formula is C17H21N3O2S. The largest absolute Gasteiger partial charge is 0.497 e. The Balaban J connectivity index is 1.60. The minimum absolute atomic E-state index is 0.0655. The molecule has 0 spiro atoms. The van der Waals surface area contributed by atoms with Gasteiger partial charge in [0.25, 0.3) is 0 Å². The van der Waals surface area contributed by atoms with Gasteiger partial charge >= 0.3 is 0 Å². The standard InChI is InChI=1S/C17H21N3O2S/c1-22-14-4-2-3-12(8-14)17-20-10-15(23-17)9-19-16(21)11-5-6-13(18)7-11/h2-4,8,10-11,13H,5-7,9,18H2,1H3,(H,19,21). The number of nitrogens with one attached hydrogen (secondary N) is 1. The zero-order valence-electron chi connectivity index (χ0n) is 13.1. The lowest BCUT2D eigenvalue weighted by Crippen LogP contribution is -2.29. The van der Waals surface area contributed by atoms with Gasteiger partial charge in [0.05, 0.1) is 13.7 Å². The molecule has 122 valence electrons. The maximum atomic E-state index is 12.1. The molecule has 1 aliphatic carbocycles. The van der Waals surface area contributed by atoms with Gasteiger partial charge in [-0.05, 0) is 31.4 Å². The molecule has 1 saturated carbocycles. The van der Waals surface area contributed by atoms with Crippen LogP contribution >= 0.6 is 11.3 Å². The van der Waals surface area contributed by atoms with Gasteiger partial charge in [-0.25, -0.2) is 4.98 Å². The molecular weight excluding hydrogens is 310 g/mol. The van der Waals surface area contributed by atoms with Gasteiger partial charge in [0, 0.05) is 28.6 Å². The van der Waals surface area contributed by atoms with E-state index in [9.17, 15) is 4.79 Å². The van der Waals surface area contributed by atoms with Gasteiger partial charge < -0.3 is 15.8 Å². The number of nitrogens with two attached hydrogens (primary N) is 1. The normalized spacial score (nSPS) is 20.4. The zero-order chi connectivity index (χ0) is 16.2. The number of benzene rings is 1. The highest BCUT2D eigenvalue weighted by Gasteiger charge is 2.27. The quantitative estimate of drug-likeness (QED) is 0.883. The third-order valence-corrected chi connectivity index (χ3v) is 5.20. The van der Waals surface area contributed by atoms with E-state index in [1.165, 1.54) is 0 Å². The van der Waals surface area contributed by atoms with Crippen molar-refractivity contribution in [3.05, 3.63) is 35.3 Å². The van der Waals surface area contributed by atoms with Crippen LogP contribution in [0.5, 0.6) is 5.75 Å². The van der Waals surface area contributed by atoms with Crippen LogP contribution in [-0.2, 0) is 11.3 Å². The minimum atomic E-state index is 0.0655. The minimum Gasteiger partial charge on any atom is -0.497 e. The lowest BCUT2D eigenvalue weighted by atomic mass is 10.1. The second kappa shape index (κ2) is 7.10. The molecule has 2 aromatic rings. The predicted molar refractivity (Wildman–Crippen MR) is 91.3 cm³/mol. The van der Waals surface area contributed by atoms with Gasteiger partial charge in [0.15, 0.2) is 0 Å². The summed E-state index contributed by atoms with van der Waals surface area (Å²) >= 11 is 1.58. The number of methoxy groups -OCH3 is 1. The van der Waals surface area contributed by atoms with E-state index in [2.05, 4.69) is 10.3 Å². The summed E-state index contributed by atoms with van der Waals surface area (Å²) < 4.78 is 5.24. The number of thiazole rings is 1. The van der Waals surface area contributed by atoms with Crippen molar-refractivity contribution in [2.45, 2.75) is 31.8 Å². The van der Waals surface area contributed by atoms with Crippen molar-refractivity contribution in [2.24, 2.45) is 11.7 Å². The van der Waals surface area contributed by atoms with Crippen molar-refractivity contribution in [1.82, 2.24) is 10.3 Å². The molecule has 0 aliphatic heterocycles. The number of carbonyl (C=O) groups excluding carboxylic acids is 1. The number of hydrogen-bond donors (Lipinski definition) is 2. The summed E-state index contributed by atoms with van der Waals surface area (Å²) in [6.07, 6.45) is 4.45. The Bertz CT molecular complexity index is 686. The van der Waals surface area contributed by atoms with E-state index in [-0.39, 0.29) is 17.9 Å². The number of ether oxygens (including phenoxy) is 1. The van der Waals surface area contributed by atoms with Crippen LogP contribution in [0.2, 0.25) is 0 Å². The third-order valence-electron chi connectivity index (χ3n) is 4.15. The number of hydrogen-bond acceptors (Lipinski definition) is 5. The van der Waals surface area contributed by atoms with Gasteiger partial charge in [0.1, 0.15) is 10.8 Å². The summed E-state index contributed by atoms with van der Waals surface area (Å²) in [6, 6.07) is 7.99. The van der Waals surface area contributed by atoms with Crippen LogP contribution in [0.15, 0.2) is 30.5 Å². The zero-order valence-corrected chi connectivity index (χ0v) is 13.9. The second-order valence-corrected chi connectivity index (χ2v) is 6.97. The average Bonchev–Trinajstić information content (AvgIpc) is 3.22. The van der Waals surface area contributed by atoms with Crippen molar-refractivity contribution >= 4 is 17.2 Å². The average molecular weight is 331 g/mol. The van der Waals surface area contributed by atoms with Crippen molar-refractivity contribution in [1.29, 1.82) is 0 Å². The smallest absolute Gasteiger partial charge is 0.223 e. The first kappa shape index (κ1) is 16.0. The molecule has 1 fully saturated rings. The predicted octanol–water partition coefficient (Wildman–Crippen LogP) is 2.56. The highest BCUT2D eigenvalue weighted by atomic mass is 32.1. The van der Waals surface area contributed by atoms with E-state index in [0.29, 0.717) is 6.54 Å². The molecule has 0 radical (unpaired) electrons. The lowest BCUT2D eigenvalue weighted by molar-refractivity contribution is -0.124. The first-order valence-corrected chi connectivity index (χ1v) is 8.60. The lowest BCUT2D eigenvalue weighted by Gasteiger charge is -2.09. The fraction of sp³-hybridized carbons (Fsp3) is 0.412. The molecule has 2 unspecified atom stereocenters. The Morgan fingerprint density at radius 2 is 2.35 bits per heavy atom. The summed E-state index contributed by atoms with van der Waals surface area (Å²) in [6.45, 7) is 0.520. The molecule has 3 N–H and O–H groups in total. The fourth-order valence-electron chi connectivity index (χ4n) is 2.85. The van der Waals surface area contributed by atoms with E-state index < -0.39 is 0 Å². The molecule has 1 amide bonds. The molecule has 1 heterocycles. The molecule has 6 heteroatoms. The van der Waals surface area contributed by atoms with Crippen LogP contribution < -0.4 is 15.8 Å². The highest BCUT2D eigenvalue weighted by Crippen LogP contribution is 2.28. The number of nitrogens with zero attached hydrogens (tertiary/aromatic N) is 1. The molecule has 0 saturated heterocycles. The molecule has 3 rings (SSSR count). The van der Waals surface area contributed by atoms with Gasteiger partial charge in [0.2, 0.25) is 5.91 Å². The second-order valence-electron chi connectivity index (χ2n) is 5.85. The van der Waals surface area contributed by atoms with Crippen LogP contribution in [0.4, 0.5) is 0 Å². The van der Waals surface area contributed by atoms with Gasteiger partial charge in [-0.2, -0.15) is 0 Å². The molecule has 1 aromatic carbocycles. The number of carbonyl (C=O) groups is 1. The Kier molecular flexibility index (Phi) is 4.93. The maximum Gasteiger partial charge on any atom is 0.223 e. The van der Waals surface area contributed by atoms with Gasteiger partial charge in [-0.15, -0.1) is 11.3 Å². The first-order valence-electron chi connectivity index (χ1n) is 7.78. The summed E-state index contributed by atoms with van der Waals surface area (Å²) in [5.74, 6) is 0.982. The van der Waals surface area contributed by atoms with Crippen LogP contribution in [0.3, 0.4) is 0 Å². The summed E-state index contributed by atoms with van der Waals surface area (Å²) in [5, 5.41) is 3.93. The van der Waals surface area contributed by atoms with E-state index in [0.717, 1.165) is 40.5 Å². The number of amides is 1. The highest BCUT2D eigenvalue weighted by molar-refractivity contribution is 7.15. The topological polar surface area (TPSA) is 77.2 Å². The summed E-state index contributed by atoms with van der Waals surface area (Å²) in [4.78, 5) is 17.6. The van der Waals surface area contributed by atoms with Crippen molar-refractivity contribution in [3.8, 4) is 16.3 Å². The van der Waals surface area contributed by atoms with Crippen LogP contribution in [-0.4, -0.2) is 24.0 Å². The van der Waals surface area contributed by atoms with E-state index in [1.807, 2.05) is 30.5 Å². The van der Waals surface area contributed by atoms with Crippen molar-refractivity contribution in [2.75, 3.05) is 7.11 Å². The third kappa shape index (κ3) is 3.89. The van der Waals surface area contributed by atoms with Crippen LogP contribution in [0.1, 0.15) is 24.1 Å². The van der Waals surface area contributed by atoms with Crippen molar-refractivity contribution < 1.29 is 9.53 Å². The Labute approximate surface area is 139 Å². The SMILES string of the molecule is COc1cccc(-c2ncc(CNC(=O)C3CCC(N)C3)s2)c1. The summed E-state index contributed by atoms with van der Waals surface area (Å²) in [7, 11) is 1.65. The molecule has 0 bridgehead atoms. The first-order chi connectivity index (χ1) is 11.2. The Morgan fingerprint density at radius 3 is 3.09 bits per heavy atom. The van der Waals surface area contributed by atoms with Gasteiger partial charge in [-0.3, -0.25) is 4.79 Å². The molecule has 23 heavy (non-hydrogen) atoms. The van der Waals surface area contributed by atoms with Crippen molar-refractivity contribution in [3.63, 3.8) is 0 Å². The number of rotatable bonds is 5. The van der Waals surface area contributed by atoms with E-state index >= 15 is 0 Å². The van der Waals surface area contributed by atoms with E-state index in [1.54, 1.807) is 18.4 Å². The fourth-order valence-corrected chi connectivity index (χ4v) is 3.70. The number of aromatic nitrogens is 1.